The first-order valence-corrected chi connectivity index (χ1v) is 10.1. The number of hydrogen-bond acceptors (Lipinski definition) is 6. The number of nitrogens with zero attached hydrogens (tertiary/aromatic N) is 4. The summed E-state index contributed by atoms with van der Waals surface area (Å²) in [6, 6.07) is 13.1. The van der Waals surface area contributed by atoms with Crippen molar-refractivity contribution in [2.45, 2.75) is 25.5 Å². The maximum atomic E-state index is 12.8. The number of pyridine rings is 2. The summed E-state index contributed by atoms with van der Waals surface area (Å²) in [5.41, 5.74) is 9.78. The Balaban J connectivity index is 1.49. The minimum Gasteiger partial charge on any atom is -0.386 e. The summed E-state index contributed by atoms with van der Waals surface area (Å²) < 4.78 is 0. The highest BCUT2D eigenvalue weighted by atomic mass is 16.3. The molecule has 3 heterocycles. The number of hydrogen-bond donors (Lipinski definition) is 2. The number of likely N-dealkylation sites (N-methyl/N-ethyl adjacent to an activating group) is 1. The molecule has 30 heavy (non-hydrogen) atoms. The van der Waals surface area contributed by atoms with E-state index in [1.165, 1.54) is 0 Å². The van der Waals surface area contributed by atoms with Gasteiger partial charge in [-0.05, 0) is 49.2 Å². The summed E-state index contributed by atoms with van der Waals surface area (Å²) in [7, 11) is 1.73. The highest BCUT2D eigenvalue weighted by Gasteiger charge is 2.38. The smallest absolute Gasteiger partial charge is 0.253 e. The van der Waals surface area contributed by atoms with Gasteiger partial charge in [-0.3, -0.25) is 9.78 Å². The number of aromatic nitrogens is 2. The maximum Gasteiger partial charge on any atom is 0.253 e. The maximum absolute atomic E-state index is 12.8. The van der Waals surface area contributed by atoms with Crippen LogP contribution in [0.1, 0.15) is 28.0 Å². The van der Waals surface area contributed by atoms with Crippen LogP contribution < -0.4 is 10.6 Å². The largest absolute Gasteiger partial charge is 0.386 e. The van der Waals surface area contributed by atoms with Crippen molar-refractivity contribution in [1.82, 2.24) is 14.9 Å². The zero-order chi connectivity index (χ0) is 21.3. The highest BCUT2D eigenvalue weighted by molar-refractivity contribution is 5.94. The van der Waals surface area contributed by atoms with Gasteiger partial charge in [-0.2, -0.15) is 0 Å². The van der Waals surface area contributed by atoms with Gasteiger partial charge in [0, 0.05) is 44.1 Å². The molecule has 7 nitrogen and oxygen atoms in total. The third-order valence-corrected chi connectivity index (χ3v) is 5.69. The zero-order valence-electron chi connectivity index (χ0n) is 17.4. The van der Waals surface area contributed by atoms with Crippen molar-refractivity contribution in [3.8, 4) is 0 Å². The monoisotopic (exact) mass is 405 g/mol. The molecule has 1 aliphatic heterocycles. The van der Waals surface area contributed by atoms with Crippen molar-refractivity contribution in [3.63, 3.8) is 0 Å². The lowest BCUT2D eigenvalue weighted by atomic mass is 10.0. The number of carbonyl (C=O) groups excluding carboxylic acids is 1. The van der Waals surface area contributed by atoms with E-state index in [4.69, 9.17) is 5.73 Å². The van der Waals surface area contributed by atoms with Crippen molar-refractivity contribution in [2.24, 2.45) is 5.73 Å². The van der Waals surface area contributed by atoms with Gasteiger partial charge in [-0.15, -0.1) is 0 Å². The molecule has 0 bridgehead atoms. The Hall–Kier alpha value is -3.03. The van der Waals surface area contributed by atoms with E-state index in [-0.39, 0.29) is 12.5 Å². The Morgan fingerprint density at radius 1 is 1.23 bits per heavy atom. The van der Waals surface area contributed by atoms with Crippen LogP contribution in [0.5, 0.6) is 0 Å². The van der Waals surface area contributed by atoms with Gasteiger partial charge in [0.1, 0.15) is 11.1 Å². The fourth-order valence-electron chi connectivity index (χ4n) is 4.07. The van der Waals surface area contributed by atoms with Gasteiger partial charge in [0.15, 0.2) is 0 Å². The van der Waals surface area contributed by atoms with Crippen LogP contribution in [0.4, 0.5) is 5.69 Å². The molecule has 0 spiro atoms. The lowest BCUT2D eigenvalue weighted by Crippen LogP contribution is -2.45. The predicted molar refractivity (Wildman–Crippen MR) is 117 cm³/mol. The molecule has 1 unspecified atom stereocenters. The van der Waals surface area contributed by atoms with Gasteiger partial charge < -0.3 is 20.6 Å². The standard InChI is InChI=1S/C23H27N5O2/c1-16-3-8-19-21(26-16)20(9-11-25-19)28-12-10-23(30,15-28)14-27(2)22(29)18-6-4-17(13-24)5-7-18/h3-9,11,30H,10,12-15,24H2,1-2H3. The Bertz CT molecular complexity index is 1070. The van der Waals surface area contributed by atoms with Gasteiger partial charge in [0.2, 0.25) is 0 Å². The molecule has 7 heteroatoms. The van der Waals surface area contributed by atoms with Crippen LogP contribution in [0.3, 0.4) is 0 Å². The number of amides is 1. The molecule has 156 valence electrons. The summed E-state index contributed by atoms with van der Waals surface area (Å²) in [6.07, 6.45) is 2.35. The second-order valence-corrected chi connectivity index (χ2v) is 8.11. The number of β-amino-alcohol motifs (C(OH)–C–C–N with tert-alkyl or cyclic N) is 1. The third kappa shape index (κ3) is 3.99. The quantitative estimate of drug-likeness (QED) is 0.675. The van der Waals surface area contributed by atoms with E-state index >= 15 is 0 Å². The second kappa shape index (κ2) is 8.01. The van der Waals surface area contributed by atoms with Crippen LogP contribution in [0.2, 0.25) is 0 Å². The number of benzene rings is 1. The number of aliphatic hydroxyl groups is 1. The number of fused-ring (bicyclic) bond motifs is 1. The molecular weight excluding hydrogens is 378 g/mol. The van der Waals surface area contributed by atoms with Gasteiger partial charge in [-0.1, -0.05) is 12.1 Å². The number of nitrogens with two attached hydrogens (primary N) is 1. The molecular formula is C23H27N5O2. The Labute approximate surface area is 176 Å². The van der Waals surface area contributed by atoms with Crippen LogP contribution in [0.25, 0.3) is 11.0 Å². The molecule has 0 radical (unpaired) electrons. The SMILES string of the molecule is Cc1ccc2nccc(N3CCC(O)(CN(C)C(=O)c4ccc(CN)cc4)C3)c2n1. The number of rotatable bonds is 5. The van der Waals surface area contributed by atoms with Gasteiger partial charge in [-0.25, -0.2) is 4.98 Å². The zero-order valence-corrected chi connectivity index (χ0v) is 17.4. The van der Waals surface area contributed by atoms with Crippen molar-refractivity contribution in [2.75, 3.05) is 31.6 Å². The Morgan fingerprint density at radius 2 is 2.00 bits per heavy atom. The van der Waals surface area contributed by atoms with Crippen LogP contribution in [-0.4, -0.2) is 58.2 Å². The molecule has 1 aliphatic rings. The molecule has 3 aromatic rings. The predicted octanol–water partition coefficient (Wildman–Crippen LogP) is 2.11. The Kier molecular flexibility index (Phi) is 5.40. The van der Waals surface area contributed by atoms with E-state index in [1.54, 1.807) is 30.3 Å². The second-order valence-electron chi connectivity index (χ2n) is 8.11. The summed E-state index contributed by atoms with van der Waals surface area (Å²) in [5.74, 6) is -0.114. The first-order valence-electron chi connectivity index (χ1n) is 10.1. The average Bonchev–Trinajstić information content (AvgIpc) is 3.14. The number of aryl methyl sites for hydroxylation is 1. The van der Waals surface area contributed by atoms with Gasteiger partial charge in [0.25, 0.3) is 5.91 Å². The van der Waals surface area contributed by atoms with E-state index in [2.05, 4.69) is 14.9 Å². The molecule has 3 N–H and O–H groups in total. The van der Waals surface area contributed by atoms with E-state index in [0.717, 1.165) is 28.0 Å². The molecule has 1 atom stereocenters. The number of carbonyl (C=O) groups is 1. The first-order chi connectivity index (χ1) is 14.4. The lowest BCUT2D eigenvalue weighted by Gasteiger charge is -2.29. The topological polar surface area (TPSA) is 95.6 Å². The molecule has 1 saturated heterocycles. The summed E-state index contributed by atoms with van der Waals surface area (Å²) in [5, 5.41) is 11.2. The van der Waals surface area contributed by atoms with Crippen LogP contribution in [0, 0.1) is 6.92 Å². The molecule has 4 rings (SSSR count). The summed E-state index contributed by atoms with van der Waals surface area (Å²) in [6.45, 7) is 3.79. The minimum atomic E-state index is -0.985. The molecule has 1 fully saturated rings. The van der Waals surface area contributed by atoms with Crippen molar-refractivity contribution in [1.29, 1.82) is 0 Å². The fraction of sp³-hybridized carbons (Fsp3) is 0.348. The summed E-state index contributed by atoms with van der Waals surface area (Å²) >= 11 is 0. The van der Waals surface area contributed by atoms with E-state index < -0.39 is 5.60 Å². The molecule has 0 saturated carbocycles. The van der Waals surface area contributed by atoms with E-state index in [9.17, 15) is 9.90 Å². The van der Waals surface area contributed by atoms with Crippen molar-refractivity contribution in [3.05, 3.63) is 65.5 Å². The highest BCUT2D eigenvalue weighted by Crippen LogP contribution is 2.31. The van der Waals surface area contributed by atoms with E-state index in [0.29, 0.717) is 31.6 Å². The fourth-order valence-corrected chi connectivity index (χ4v) is 4.07. The van der Waals surface area contributed by atoms with Crippen LogP contribution in [-0.2, 0) is 6.54 Å². The van der Waals surface area contributed by atoms with Crippen molar-refractivity contribution < 1.29 is 9.90 Å². The minimum absolute atomic E-state index is 0.114. The molecule has 2 aromatic heterocycles. The third-order valence-electron chi connectivity index (χ3n) is 5.69. The van der Waals surface area contributed by atoms with E-state index in [1.807, 2.05) is 37.3 Å². The van der Waals surface area contributed by atoms with Gasteiger partial charge in [0.05, 0.1) is 17.7 Å². The lowest BCUT2D eigenvalue weighted by molar-refractivity contribution is 0.0264. The van der Waals surface area contributed by atoms with Crippen molar-refractivity contribution >= 4 is 22.6 Å². The summed E-state index contributed by atoms with van der Waals surface area (Å²) in [4.78, 5) is 25.6. The van der Waals surface area contributed by atoms with Crippen LogP contribution >= 0.6 is 0 Å². The normalized spacial score (nSPS) is 18.7. The molecule has 1 aromatic carbocycles. The number of anilines is 1. The van der Waals surface area contributed by atoms with Gasteiger partial charge >= 0.3 is 0 Å². The molecule has 1 amide bonds. The van der Waals surface area contributed by atoms with Crippen LogP contribution in [0.15, 0.2) is 48.7 Å². The Morgan fingerprint density at radius 3 is 2.73 bits per heavy atom. The molecule has 0 aliphatic carbocycles. The average molecular weight is 406 g/mol. The first kappa shape index (κ1) is 20.3.